The fourth-order valence-electron chi connectivity index (χ4n) is 4.14. The Morgan fingerprint density at radius 3 is 2.47 bits per heavy atom. The van der Waals surface area contributed by atoms with Crippen molar-refractivity contribution < 1.29 is 23.1 Å². The Labute approximate surface area is 173 Å². The molecular formula is C22H24F3N3O2. The first kappa shape index (κ1) is 20.7. The van der Waals surface area contributed by atoms with E-state index in [1.165, 1.54) is 23.1 Å². The number of rotatable bonds is 5. The average molecular weight is 419 g/mol. The van der Waals surface area contributed by atoms with Gasteiger partial charge in [0.1, 0.15) is 11.4 Å². The van der Waals surface area contributed by atoms with Crippen LogP contribution < -0.4 is 5.32 Å². The molecule has 0 unspecified atom stereocenters. The van der Waals surface area contributed by atoms with Crippen LogP contribution >= 0.6 is 0 Å². The molecule has 0 aliphatic carbocycles. The maximum atomic E-state index is 14.5. The van der Waals surface area contributed by atoms with Gasteiger partial charge < -0.3 is 20.2 Å². The number of carbonyl (C=O) groups is 1. The van der Waals surface area contributed by atoms with Crippen LogP contribution in [-0.4, -0.2) is 59.1 Å². The van der Waals surface area contributed by atoms with Crippen molar-refractivity contribution in [3.8, 4) is 0 Å². The number of nitrogens with zero attached hydrogens (tertiary/aromatic N) is 2. The number of aliphatic hydroxyl groups is 1. The fraction of sp³-hybridized carbons (Fsp3) is 0.409. The first-order valence-electron chi connectivity index (χ1n) is 10.0. The van der Waals surface area contributed by atoms with Crippen LogP contribution in [0.25, 0.3) is 0 Å². The number of β-amino-alcohol motifs (C(OH)–C–C–N with tert-alkyl or cyclic N) is 1. The largest absolute Gasteiger partial charge is 0.385 e. The van der Waals surface area contributed by atoms with E-state index >= 15 is 0 Å². The topological polar surface area (TPSA) is 55.8 Å². The molecule has 2 aliphatic heterocycles. The smallest absolute Gasteiger partial charge is 0.256 e. The van der Waals surface area contributed by atoms with Crippen molar-refractivity contribution in [2.45, 2.75) is 25.4 Å². The van der Waals surface area contributed by atoms with Gasteiger partial charge in [-0.1, -0.05) is 6.07 Å². The van der Waals surface area contributed by atoms with E-state index in [1.54, 1.807) is 13.0 Å². The molecule has 0 bridgehead atoms. The van der Waals surface area contributed by atoms with E-state index in [0.29, 0.717) is 12.1 Å². The number of hydrogen-bond donors (Lipinski definition) is 2. The zero-order valence-electron chi connectivity index (χ0n) is 16.7. The number of carbonyl (C=O) groups excluding carboxylic acids is 1. The third kappa shape index (κ3) is 4.02. The summed E-state index contributed by atoms with van der Waals surface area (Å²) in [4.78, 5) is 16.5. The summed E-state index contributed by atoms with van der Waals surface area (Å²) in [6, 6.07) is 6.33. The summed E-state index contributed by atoms with van der Waals surface area (Å²) < 4.78 is 42.6. The van der Waals surface area contributed by atoms with Crippen molar-refractivity contribution >= 4 is 17.3 Å². The number of nitrogens with one attached hydrogen (secondary N) is 1. The number of anilines is 2. The zero-order valence-corrected chi connectivity index (χ0v) is 16.7. The maximum absolute atomic E-state index is 14.5. The molecule has 8 heteroatoms. The van der Waals surface area contributed by atoms with Gasteiger partial charge in [0, 0.05) is 6.54 Å². The number of benzene rings is 2. The summed E-state index contributed by atoms with van der Waals surface area (Å²) in [5.41, 5.74) is -0.926. The monoisotopic (exact) mass is 419 g/mol. The van der Waals surface area contributed by atoms with Crippen LogP contribution in [0.1, 0.15) is 28.8 Å². The van der Waals surface area contributed by atoms with Crippen LogP contribution in [-0.2, 0) is 0 Å². The second-order valence-corrected chi connectivity index (χ2v) is 8.26. The highest BCUT2D eigenvalue weighted by atomic mass is 19.2. The molecule has 2 aromatic carbocycles. The summed E-state index contributed by atoms with van der Waals surface area (Å²) in [6.07, 6.45) is 2.19. The highest BCUT2D eigenvalue weighted by Crippen LogP contribution is 2.32. The molecule has 2 N–H and O–H groups in total. The van der Waals surface area contributed by atoms with Crippen molar-refractivity contribution in [3.05, 3.63) is 58.9 Å². The number of likely N-dealkylation sites (tertiary alicyclic amines) is 2. The predicted molar refractivity (Wildman–Crippen MR) is 107 cm³/mol. The minimum atomic E-state index is -1.26. The van der Waals surface area contributed by atoms with Crippen molar-refractivity contribution in [3.63, 3.8) is 0 Å². The molecule has 0 radical (unpaired) electrons. The standard InChI is InChI=1S/C22H24F3N3O2/c1-14-4-7-18(17(24)10-14)26-20-15(5-6-16(23)19(20)25)21(29)28-12-22(30,13-28)11-27-8-2-3-9-27/h4-7,10,26,30H,2-3,8-9,11-13H2,1H3. The Morgan fingerprint density at radius 1 is 1.10 bits per heavy atom. The Hall–Kier alpha value is -2.58. The van der Waals surface area contributed by atoms with E-state index in [4.69, 9.17) is 0 Å². The molecule has 4 rings (SSSR count). The molecule has 160 valence electrons. The Kier molecular flexibility index (Phi) is 5.46. The lowest BCUT2D eigenvalue weighted by atomic mass is 9.92. The van der Waals surface area contributed by atoms with Crippen molar-refractivity contribution in [1.29, 1.82) is 0 Å². The number of hydrogen-bond acceptors (Lipinski definition) is 4. The minimum Gasteiger partial charge on any atom is -0.385 e. The predicted octanol–water partition coefficient (Wildman–Crippen LogP) is 3.44. The molecule has 2 aliphatic rings. The van der Waals surface area contributed by atoms with Crippen LogP contribution in [0.15, 0.2) is 30.3 Å². The van der Waals surface area contributed by atoms with Gasteiger partial charge in [-0.3, -0.25) is 4.79 Å². The first-order chi connectivity index (χ1) is 14.3. The summed E-state index contributed by atoms with van der Waals surface area (Å²) in [5.74, 6) is -3.58. The average Bonchev–Trinajstić information content (AvgIpc) is 3.17. The molecule has 0 spiro atoms. The molecule has 30 heavy (non-hydrogen) atoms. The van der Waals surface area contributed by atoms with Gasteiger partial charge in [-0.05, 0) is 62.7 Å². The molecule has 0 aromatic heterocycles. The Morgan fingerprint density at radius 2 is 1.80 bits per heavy atom. The van der Waals surface area contributed by atoms with Gasteiger partial charge in [-0.25, -0.2) is 13.2 Å². The van der Waals surface area contributed by atoms with Gasteiger partial charge in [0.15, 0.2) is 11.6 Å². The van der Waals surface area contributed by atoms with Gasteiger partial charge in [0.2, 0.25) is 0 Å². The molecular weight excluding hydrogens is 395 g/mol. The Balaban J connectivity index is 1.54. The lowest BCUT2D eigenvalue weighted by Gasteiger charge is -2.48. The van der Waals surface area contributed by atoms with Crippen LogP contribution in [0.2, 0.25) is 0 Å². The molecule has 2 heterocycles. The van der Waals surface area contributed by atoms with E-state index in [1.807, 2.05) is 0 Å². The first-order valence-corrected chi connectivity index (χ1v) is 10.0. The van der Waals surface area contributed by atoms with Crippen LogP contribution in [0.4, 0.5) is 24.5 Å². The quantitative estimate of drug-likeness (QED) is 0.780. The van der Waals surface area contributed by atoms with Crippen LogP contribution in [0.3, 0.4) is 0 Å². The summed E-state index contributed by atoms with van der Waals surface area (Å²) in [6.45, 7) is 4.26. The van der Waals surface area contributed by atoms with Crippen LogP contribution in [0.5, 0.6) is 0 Å². The lowest BCUT2D eigenvalue weighted by Crippen LogP contribution is -2.67. The fourth-order valence-corrected chi connectivity index (χ4v) is 4.14. The van der Waals surface area contributed by atoms with Gasteiger partial charge in [0.25, 0.3) is 5.91 Å². The molecule has 0 saturated carbocycles. The summed E-state index contributed by atoms with van der Waals surface area (Å²) in [5, 5.41) is 13.2. The zero-order chi connectivity index (χ0) is 21.5. The van der Waals surface area contributed by atoms with Crippen molar-refractivity contribution in [2.75, 3.05) is 38.0 Å². The van der Waals surface area contributed by atoms with E-state index < -0.39 is 34.6 Å². The van der Waals surface area contributed by atoms with Gasteiger partial charge in [-0.2, -0.15) is 0 Å². The lowest BCUT2D eigenvalue weighted by molar-refractivity contribution is -0.0950. The molecule has 0 atom stereocenters. The highest BCUT2D eigenvalue weighted by Gasteiger charge is 2.45. The second kappa shape index (κ2) is 7.92. The van der Waals surface area contributed by atoms with Crippen LogP contribution in [0, 0.1) is 24.4 Å². The SMILES string of the molecule is Cc1ccc(Nc2c(C(=O)N3CC(O)(CN4CCCC4)C3)ccc(F)c2F)c(F)c1. The van der Waals surface area contributed by atoms with E-state index in [2.05, 4.69) is 10.2 Å². The van der Waals surface area contributed by atoms with Gasteiger partial charge in [-0.15, -0.1) is 0 Å². The molecule has 2 fully saturated rings. The number of aryl methyl sites for hydroxylation is 1. The number of halogens is 3. The van der Waals surface area contributed by atoms with Gasteiger partial charge >= 0.3 is 0 Å². The Bertz CT molecular complexity index is 970. The molecule has 2 saturated heterocycles. The third-order valence-corrected chi connectivity index (χ3v) is 5.68. The van der Waals surface area contributed by atoms with Crippen molar-refractivity contribution in [2.24, 2.45) is 0 Å². The van der Waals surface area contributed by atoms with Gasteiger partial charge in [0.05, 0.1) is 30.0 Å². The number of amides is 1. The molecule has 2 aromatic rings. The summed E-state index contributed by atoms with van der Waals surface area (Å²) >= 11 is 0. The van der Waals surface area contributed by atoms with Crippen molar-refractivity contribution in [1.82, 2.24) is 9.80 Å². The van der Waals surface area contributed by atoms with E-state index in [9.17, 15) is 23.1 Å². The third-order valence-electron chi connectivity index (χ3n) is 5.68. The second-order valence-electron chi connectivity index (χ2n) is 8.26. The highest BCUT2D eigenvalue weighted by molar-refractivity contribution is 6.01. The van der Waals surface area contributed by atoms with E-state index in [0.717, 1.165) is 32.0 Å². The minimum absolute atomic E-state index is 0.0618. The summed E-state index contributed by atoms with van der Waals surface area (Å²) in [7, 11) is 0. The molecule has 5 nitrogen and oxygen atoms in total. The normalized spacial score (nSPS) is 18.4. The molecule has 1 amide bonds. The van der Waals surface area contributed by atoms with E-state index in [-0.39, 0.29) is 24.3 Å². The maximum Gasteiger partial charge on any atom is 0.256 e.